The summed E-state index contributed by atoms with van der Waals surface area (Å²) in [5.41, 5.74) is 5.53. The smallest absolute Gasteiger partial charge is 0.248 e. The van der Waals surface area contributed by atoms with Gasteiger partial charge < -0.3 is 20.9 Å². The maximum absolute atomic E-state index is 10.4. The summed E-state index contributed by atoms with van der Waals surface area (Å²) in [6, 6.07) is 12.9. The van der Waals surface area contributed by atoms with Gasteiger partial charge in [-0.1, -0.05) is 18.2 Å². The van der Waals surface area contributed by atoms with Gasteiger partial charge in [-0.3, -0.25) is 4.79 Å². The molecule has 0 radical (unpaired) electrons. The Kier molecular flexibility index (Phi) is 5.20. The van der Waals surface area contributed by atoms with Crippen molar-refractivity contribution >= 4 is 11.7 Å². The summed E-state index contributed by atoms with van der Waals surface area (Å²) in [6.45, 7) is 4.42. The number of carbonyl (C=O) groups excluding carboxylic acids is 1. The Morgan fingerprint density at radius 3 is 2.25 bits per heavy atom. The lowest BCUT2D eigenvalue weighted by Gasteiger charge is -2.27. The van der Waals surface area contributed by atoms with E-state index in [1.54, 1.807) is 24.3 Å². The molecule has 0 saturated carbocycles. The summed E-state index contributed by atoms with van der Waals surface area (Å²) in [6.07, 6.45) is 1.97. The van der Waals surface area contributed by atoms with Crippen LogP contribution in [0.4, 0.5) is 5.82 Å². The topological polar surface area (TPSA) is 74.2 Å². The fourth-order valence-corrected chi connectivity index (χ4v) is 2.03. The van der Waals surface area contributed by atoms with E-state index >= 15 is 0 Å². The van der Waals surface area contributed by atoms with E-state index in [1.807, 2.05) is 18.3 Å². The van der Waals surface area contributed by atoms with Crippen LogP contribution in [0.3, 0.4) is 0 Å². The van der Waals surface area contributed by atoms with Crippen molar-refractivity contribution in [3.8, 4) is 0 Å². The maximum atomic E-state index is 10.4. The van der Waals surface area contributed by atoms with E-state index in [0.717, 1.165) is 26.2 Å². The number of hydrogen-bond acceptors (Lipinski definition) is 3. The van der Waals surface area contributed by atoms with Crippen LogP contribution in [0.1, 0.15) is 10.4 Å². The number of hydrogen-bond donors (Lipinski definition) is 3. The van der Waals surface area contributed by atoms with Gasteiger partial charge in [0.25, 0.3) is 0 Å². The van der Waals surface area contributed by atoms with Crippen LogP contribution in [0, 0.1) is 0 Å². The molecule has 1 amide bonds. The van der Waals surface area contributed by atoms with Crippen molar-refractivity contribution in [3.05, 3.63) is 54.2 Å². The van der Waals surface area contributed by atoms with Crippen molar-refractivity contribution in [2.45, 2.75) is 0 Å². The van der Waals surface area contributed by atoms with E-state index in [1.165, 1.54) is 5.82 Å². The number of benzene rings is 1. The molecule has 5 heteroatoms. The van der Waals surface area contributed by atoms with E-state index in [9.17, 15) is 4.79 Å². The first-order valence-corrected chi connectivity index (χ1v) is 6.71. The van der Waals surface area contributed by atoms with Gasteiger partial charge in [0.05, 0.1) is 0 Å². The molecule has 20 heavy (non-hydrogen) atoms. The van der Waals surface area contributed by atoms with Crippen molar-refractivity contribution < 1.29 is 4.79 Å². The molecule has 0 unspecified atom stereocenters. The largest absolute Gasteiger partial charge is 0.366 e. The van der Waals surface area contributed by atoms with Gasteiger partial charge >= 0.3 is 0 Å². The number of aromatic nitrogens is 1. The molecule has 1 fully saturated rings. The minimum absolute atomic E-state index is 0.379. The highest BCUT2D eigenvalue weighted by atomic mass is 16.1. The summed E-state index contributed by atoms with van der Waals surface area (Å²) >= 11 is 0. The summed E-state index contributed by atoms with van der Waals surface area (Å²) in [4.78, 5) is 16.0. The zero-order valence-electron chi connectivity index (χ0n) is 11.4. The van der Waals surface area contributed by atoms with Crippen molar-refractivity contribution in [3.63, 3.8) is 0 Å². The minimum atomic E-state index is -0.379. The Morgan fingerprint density at radius 1 is 1.05 bits per heavy atom. The summed E-state index contributed by atoms with van der Waals surface area (Å²) in [5, 5.41) is 3.32. The molecule has 1 aliphatic heterocycles. The SMILES string of the molecule is NC(=O)c1ccccc1.c1c[nH]c(N2CCNCC2)c1. The Bertz CT molecular complexity index is 504. The van der Waals surface area contributed by atoms with Gasteiger partial charge in [0.1, 0.15) is 5.82 Å². The first kappa shape index (κ1) is 14.1. The third-order valence-electron chi connectivity index (χ3n) is 3.10. The Balaban J connectivity index is 0.000000151. The molecule has 0 atom stereocenters. The van der Waals surface area contributed by atoms with Gasteiger partial charge in [-0.05, 0) is 24.3 Å². The van der Waals surface area contributed by atoms with Crippen LogP contribution in [0.25, 0.3) is 0 Å². The van der Waals surface area contributed by atoms with Gasteiger partial charge in [0, 0.05) is 37.9 Å². The highest BCUT2D eigenvalue weighted by molar-refractivity contribution is 5.92. The monoisotopic (exact) mass is 272 g/mol. The van der Waals surface area contributed by atoms with Crippen LogP contribution in [-0.2, 0) is 0 Å². The molecule has 0 spiro atoms. The van der Waals surface area contributed by atoms with Gasteiger partial charge in [-0.25, -0.2) is 0 Å². The molecule has 3 rings (SSSR count). The molecule has 0 bridgehead atoms. The fraction of sp³-hybridized carbons (Fsp3) is 0.267. The molecule has 4 N–H and O–H groups in total. The van der Waals surface area contributed by atoms with Crippen LogP contribution in [-0.4, -0.2) is 37.1 Å². The molecule has 2 aromatic rings. The zero-order valence-corrected chi connectivity index (χ0v) is 11.4. The number of nitrogens with zero attached hydrogens (tertiary/aromatic N) is 1. The highest BCUT2D eigenvalue weighted by Gasteiger charge is 2.09. The number of anilines is 1. The number of nitrogens with two attached hydrogens (primary N) is 1. The van der Waals surface area contributed by atoms with Crippen LogP contribution < -0.4 is 16.0 Å². The van der Waals surface area contributed by atoms with Gasteiger partial charge in [0.2, 0.25) is 5.91 Å². The van der Waals surface area contributed by atoms with Gasteiger partial charge in [-0.15, -0.1) is 0 Å². The molecule has 2 heterocycles. The maximum Gasteiger partial charge on any atom is 0.248 e. The minimum Gasteiger partial charge on any atom is -0.366 e. The quantitative estimate of drug-likeness (QED) is 0.769. The number of carbonyl (C=O) groups is 1. The van der Waals surface area contributed by atoms with Crippen LogP contribution in [0.5, 0.6) is 0 Å². The molecular weight excluding hydrogens is 252 g/mol. The predicted octanol–water partition coefficient (Wildman–Crippen LogP) is 1.21. The molecule has 1 aromatic carbocycles. The van der Waals surface area contributed by atoms with Gasteiger partial charge in [-0.2, -0.15) is 0 Å². The molecular formula is C15H20N4O. The number of primary amides is 1. The van der Waals surface area contributed by atoms with E-state index < -0.39 is 0 Å². The van der Waals surface area contributed by atoms with E-state index in [2.05, 4.69) is 21.3 Å². The zero-order chi connectivity index (χ0) is 14.2. The number of rotatable bonds is 2. The van der Waals surface area contributed by atoms with Crippen LogP contribution in [0.2, 0.25) is 0 Å². The lowest BCUT2D eigenvalue weighted by molar-refractivity contribution is 0.100. The molecule has 106 valence electrons. The Morgan fingerprint density at radius 2 is 1.75 bits per heavy atom. The Hall–Kier alpha value is -2.27. The van der Waals surface area contributed by atoms with Gasteiger partial charge in [0.15, 0.2) is 0 Å². The average Bonchev–Trinajstić information content (AvgIpc) is 3.04. The number of nitrogens with one attached hydrogen (secondary N) is 2. The lowest BCUT2D eigenvalue weighted by atomic mass is 10.2. The molecule has 1 aromatic heterocycles. The second-order valence-electron chi connectivity index (χ2n) is 4.52. The second kappa shape index (κ2) is 7.35. The lowest BCUT2D eigenvalue weighted by Crippen LogP contribution is -2.43. The predicted molar refractivity (Wildman–Crippen MR) is 80.8 cm³/mol. The number of aromatic amines is 1. The normalized spacial score (nSPS) is 14.3. The second-order valence-corrected chi connectivity index (χ2v) is 4.52. The first-order valence-electron chi connectivity index (χ1n) is 6.71. The van der Waals surface area contributed by atoms with E-state index in [4.69, 9.17) is 5.73 Å². The average molecular weight is 272 g/mol. The molecule has 1 aliphatic rings. The molecule has 0 aliphatic carbocycles. The summed E-state index contributed by atoms with van der Waals surface area (Å²) < 4.78 is 0. The highest BCUT2D eigenvalue weighted by Crippen LogP contribution is 2.09. The van der Waals surface area contributed by atoms with Crippen molar-refractivity contribution in [1.82, 2.24) is 10.3 Å². The number of H-pyrrole nitrogens is 1. The van der Waals surface area contributed by atoms with Crippen molar-refractivity contribution in [2.75, 3.05) is 31.1 Å². The standard InChI is InChI=1S/C8H13N3.C7H7NO/c1-2-8(10-3-1)11-6-4-9-5-7-11;8-7(9)6-4-2-1-3-5-6/h1-3,9-10H,4-7H2;1-5H,(H2,8,9). The first-order chi connectivity index (χ1) is 9.77. The van der Waals surface area contributed by atoms with E-state index in [-0.39, 0.29) is 5.91 Å². The Labute approximate surface area is 118 Å². The number of amides is 1. The number of piperazine rings is 1. The van der Waals surface area contributed by atoms with E-state index in [0.29, 0.717) is 5.56 Å². The van der Waals surface area contributed by atoms with Crippen molar-refractivity contribution in [2.24, 2.45) is 5.73 Å². The third kappa shape index (κ3) is 4.13. The molecule has 1 saturated heterocycles. The molecule has 5 nitrogen and oxygen atoms in total. The van der Waals surface area contributed by atoms with Crippen LogP contribution >= 0.6 is 0 Å². The third-order valence-corrected chi connectivity index (χ3v) is 3.10. The summed E-state index contributed by atoms with van der Waals surface area (Å²) in [5.74, 6) is 0.863. The fourth-order valence-electron chi connectivity index (χ4n) is 2.03. The summed E-state index contributed by atoms with van der Waals surface area (Å²) in [7, 11) is 0. The van der Waals surface area contributed by atoms with Crippen LogP contribution in [0.15, 0.2) is 48.7 Å². The van der Waals surface area contributed by atoms with Crippen molar-refractivity contribution in [1.29, 1.82) is 0 Å².